The third kappa shape index (κ3) is 10.1. The fourth-order valence-corrected chi connectivity index (χ4v) is 5.08. The maximum Gasteiger partial charge on any atom is 0.412 e. The molecule has 7 nitrogen and oxygen atoms in total. The summed E-state index contributed by atoms with van der Waals surface area (Å²) in [5.74, 6) is 0.520. The van der Waals surface area contributed by atoms with Crippen LogP contribution in [0.15, 0.2) is 30.3 Å². The molecule has 0 unspecified atom stereocenters. The normalized spacial score (nSPS) is 20.2. The Hall–Kier alpha value is -2.12. The van der Waals surface area contributed by atoms with Gasteiger partial charge in [-0.15, -0.1) is 0 Å². The molecule has 39 heavy (non-hydrogen) atoms. The first-order chi connectivity index (χ1) is 18.1. The number of hydrogen-bond acceptors (Lipinski definition) is 5. The van der Waals surface area contributed by atoms with Crippen molar-refractivity contribution in [2.24, 2.45) is 17.3 Å². The molecule has 1 aliphatic heterocycles. The van der Waals surface area contributed by atoms with Gasteiger partial charge < -0.3 is 19.5 Å². The van der Waals surface area contributed by atoms with Gasteiger partial charge in [-0.3, -0.25) is 9.69 Å². The van der Waals surface area contributed by atoms with Crippen molar-refractivity contribution in [2.75, 3.05) is 13.2 Å². The molecule has 1 fully saturated rings. The maximum absolute atomic E-state index is 13.5. The summed E-state index contributed by atoms with van der Waals surface area (Å²) in [4.78, 5) is 28.4. The lowest BCUT2D eigenvalue weighted by molar-refractivity contribution is -0.131. The van der Waals surface area contributed by atoms with Crippen LogP contribution < -0.4 is 5.32 Å². The zero-order chi connectivity index (χ0) is 29.4. The summed E-state index contributed by atoms with van der Waals surface area (Å²) in [6, 6.07) is 9.86. The van der Waals surface area contributed by atoms with E-state index in [0.717, 1.165) is 24.8 Å². The molecule has 1 aliphatic rings. The van der Waals surface area contributed by atoms with Gasteiger partial charge in [0.25, 0.3) is 0 Å². The van der Waals surface area contributed by atoms with Crippen LogP contribution >= 0.6 is 0 Å². The zero-order valence-corrected chi connectivity index (χ0v) is 26.1. The van der Waals surface area contributed by atoms with E-state index < -0.39 is 22.8 Å². The van der Waals surface area contributed by atoms with Gasteiger partial charge >= 0.3 is 6.09 Å². The van der Waals surface area contributed by atoms with Crippen LogP contribution in [0.4, 0.5) is 4.79 Å². The molecule has 2 amide bonds. The van der Waals surface area contributed by atoms with E-state index in [1.807, 2.05) is 66.7 Å². The minimum Gasteiger partial charge on any atom is -0.444 e. The van der Waals surface area contributed by atoms with Crippen LogP contribution in [0.3, 0.4) is 0 Å². The van der Waals surface area contributed by atoms with Crippen molar-refractivity contribution in [3.05, 3.63) is 35.9 Å². The number of rotatable bonds is 13. The molecule has 1 heterocycles. The monoisotopic (exact) mass is 546 g/mol. The van der Waals surface area contributed by atoms with E-state index in [-0.39, 0.29) is 24.0 Å². The van der Waals surface area contributed by atoms with Crippen LogP contribution in [0.1, 0.15) is 100 Å². The van der Waals surface area contributed by atoms with E-state index in [9.17, 15) is 9.59 Å². The number of nitrogens with one attached hydrogen (secondary N) is 1. The van der Waals surface area contributed by atoms with Gasteiger partial charge in [-0.25, -0.2) is 4.79 Å². The number of carbonyl (C=O) groups excluding carboxylic acids is 2. The van der Waals surface area contributed by atoms with Gasteiger partial charge in [0.05, 0.1) is 25.4 Å². The summed E-state index contributed by atoms with van der Waals surface area (Å²) in [5, 5.41) is 3.14. The summed E-state index contributed by atoms with van der Waals surface area (Å²) in [7, 11) is 0. The predicted molar refractivity (Wildman–Crippen MR) is 156 cm³/mol. The zero-order valence-electron chi connectivity index (χ0n) is 26.1. The van der Waals surface area contributed by atoms with Gasteiger partial charge in [-0.2, -0.15) is 0 Å². The van der Waals surface area contributed by atoms with Crippen molar-refractivity contribution < 1.29 is 23.8 Å². The Kier molecular flexibility index (Phi) is 11.9. The van der Waals surface area contributed by atoms with E-state index in [0.29, 0.717) is 32.1 Å². The Morgan fingerprint density at radius 2 is 1.74 bits per heavy atom. The van der Waals surface area contributed by atoms with Gasteiger partial charge in [0, 0.05) is 12.0 Å². The summed E-state index contributed by atoms with van der Waals surface area (Å²) in [5.41, 5.74) is -0.848. The largest absolute Gasteiger partial charge is 0.444 e. The molecule has 7 heteroatoms. The second kappa shape index (κ2) is 14.0. The molecular weight excluding hydrogens is 492 g/mol. The number of amides is 2. The Morgan fingerprint density at radius 3 is 2.31 bits per heavy atom. The number of nitrogens with zero attached hydrogens (tertiary/aromatic N) is 1. The number of carbonyl (C=O) groups is 2. The molecule has 1 aromatic rings. The third-order valence-electron chi connectivity index (χ3n) is 7.54. The van der Waals surface area contributed by atoms with Gasteiger partial charge in [-0.1, -0.05) is 77.8 Å². The number of unbranched alkanes of at least 4 members (excludes halogenated alkanes) is 1. The summed E-state index contributed by atoms with van der Waals surface area (Å²) >= 11 is 0. The Labute approximate surface area is 237 Å². The standard InChI is InChI=1S/C32H54N2O5/c1-11-12-18-31(7,8)28(35)33-20-27-26(34(32(9,10)38-27)29(36)39-30(4,5)6)19-25(23(2)3)22-37-21-24-16-14-13-15-17-24/h13-17,23,25-27H,11-12,18-22H2,1-10H3,(H,33,35)/t25-,26+,27-/m1/s1. The fraction of sp³-hybridized carbons (Fsp3) is 0.750. The third-order valence-corrected chi connectivity index (χ3v) is 7.54. The van der Waals surface area contributed by atoms with Crippen LogP contribution in [-0.4, -0.2) is 53.5 Å². The molecule has 1 aromatic carbocycles. The highest BCUT2D eigenvalue weighted by Gasteiger charge is 2.52. The lowest BCUT2D eigenvalue weighted by Crippen LogP contribution is -2.52. The van der Waals surface area contributed by atoms with E-state index >= 15 is 0 Å². The van der Waals surface area contributed by atoms with Crippen molar-refractivity contribution in [3.8, 4) is 0 Å². The first kappa shape index (κ1) is 33.1. The van der Waals surface area contributed by atoms with Gasteiger partial charge in [0.15, 0.2) is 0 Å². The first-order valence-corrected chi connectivity index (χ1v) is 14.7. The van der Waals surface area contributed by atoms with Crippen molar-refractivity contribution in [1.29, 1.82) is 0 Å². The summed E-state index contributed by atoms with van der Waals surface area (Å²) in [6.07, 6.45) is 2.78. The van der Waals surface area contributed by atoms with Gasteiger partial charge in [0.2, 0.25) is 5.91 Å². The van der Waals surface area contributed by atoms with Gasteiger partial charge in [0.1, 0.15) is 11.3 Å². The summed E-state index contributed by atoms with van der Waals surface area (Å²) < 4.78 is 18.5. The average molecular weight is 547 g/mol. The minimum atomic E-state index is -0.882. The van der Waals surface area contributed by atoms with Crippen LogP contribution in [0.5, 0.6) is 0 Å². The second-order valence-corrected chi connectivity index (χ2v) is 13.5. The molecule has 0 aliphatic carbocycles. The molecule has 0 saturated carbocycles. The highest BCUT2D eigenvalue weighted by atomic mass is 16.6. The molecule has 2 rings (SSSR count). The average Bonchev–Trinajstić information content (AvgIpc) is 3.09. The van der Waals surface area contributed by atoms with Crippen LogP contribution in [-0.2, 0) is 25.6 Å². The fourth-order valence-electron chi connectivity index (χ4n) is 5.08. The highest BCUT2D eigenvalue weighted by Crippen LogP contribution is 2.38. The molecule has 0 spiro atoms. The van der Waals surface area contributed by atoms with E-state index in [1.165, 1.54) is 0 Å². The molecule has 0 aromatic heterocycles. The Balaban J connectivity index is 2.24. The first-order valence-electron chi connectivity index (χ1n) is 14.7. The molecule has 1 saturated heterocycles. The minimum absolute atomic E-state index is 0.0124. The van der Waals surface area contributed by atoms with E-state index in [1.54, 1.807) is 4.90 Å². The van der Waals surface area contributed by atoms with Crippen LogP contribution in [0, 0.1) is 17.3 Å². The quantitative estimate of drug-likeness (QED) is 0.290. The van der Waals surface area contributed by atoms with Crippen molar-refractivity contribution >= 4 is 12.0 Å². The molecule has 0 radical (unpaired) electrons. The van der Waals surface area contributed by atoms with Crippen molar-refractivity contribution in [2.45, 2.75) is 125 Å². The Morgan fingerprint density at radius 1 is 1.10 bits per heavy atom. The topological polar surface area (TPSA) is 77.1 Å². The maximum atomic E-state index is 13.5. The molecule has 3 atom stereocenters. The second-order valence-electron chi connectivity index (χ2n) is 13.5. The SMILES string of the molecule is CCCCC(C)(C)C(=O)NC[C@H]1OC(C)(C)N(C(=O)OC(C)(C)C)[C@H]1C[C@H](COCc1ccccc1)C(C)C. The van der Waals surface area contributed by atoms with Gasteiger partial charge in [-0.05, 0) is 64.9 Å². The summed E-state index contributed by atoms with van der Waals surface area (Å²) in [6.45, 7) is 21.3. The number of ether oxygens (including phenoxy) is 3. The highest BCUT2D eigenvalue weighted by molar-refractivity contribution is 5.81. The lowest BCUT2D eigenvalue weighted by Gasteiger charge is -2.37. The predicted octanol–water partition coefficient (Wildman–Crippen LogP) is 6.94. The Bertz CT molecular complexity index is 907. The van der Waals surface area contributed by atoms with Crippen molar-refractivity contribution in [1.82, 2.24) is 10.2 Å². The van der Waals surface area contributed by atoms with Crippen molar-refractivity contribution in [3.63, 3.8) is 0 Å². The van der Waals surface area contributed by atoms with Crippen LogP contribution in [0.2, 0.25) is 0 Å². The smallest absolute Gasteiger partial charge is 0.412 e. The van der Waals surface area contributed by atoms with Crippen LogP contribution in [0.25, 0.3) is 0 Å². The lowest BCUT2D eigenvalue weighted by atomic mass is 9.85. The molecule has 222 valence electrons. The molecule has 1 N–H and O–H groups in total. The van der Waals surface area contributed by atoms with E-state index in [4.69, 9.17) is 14.2 Å². The number of hydrogen-bond donors (Lipinski definition) is 1. The van der Waals surface area contributed by atoms with E-state index in [2.05, 4.69) is 38.2 Å². The molecular formula is C32H54N2O5. The number of benzene rings is 1. The molecule has 0 bridgehead atoms.